The Hall–Kier alpha value is -0.330. The van der Waals surface area contributed by atoms with Gasteiger partial charge in [-0.1, -0.05) is 13.8 Å². The lowest BCUT2D eigenvalue weighted by Crippen LogP contribution is -2.60. The summed E-state index contributed by atoms with van der Waals surface area (Å²) in [6.07, 6.45) is 3.37. The standard InChI is InChI=1S/C9H14O/c1-6(2)9-4-3-7(9)5-8(9)10/h6-7H,3-5H2,1-2H3. The highest BCUT2D eigenvalue weighted by Gasteiger charge is 2.61. The van der Waals surface area contributed by atoms with Gasteiger partial charge in [-0.3, -0.25) is 4.79 Å². The number of carbonyl (C=O) groups is 1. The van der Waals surface area contributed by atoms with Crippen molar-refractivity contribution in [2.75, 3.05) is 0 Å². The Morgan fingerprint density at radius 1 is 1.60 bits per heavy atom. The van der Waals surface area contributed by atoms with Crippen LogP contribution in [0.4, 0.5) is 0 Å². The lowest BCUT2D eigenvalue weighted by Gasteiger charge is -2.59. The maximum atomic E-state index is 11.3. The van der Waals surface area contributed by atoms with Gasteiger partial charge >= 0.3 is 0 Å². The minimum Gasteiger partial charge on any atom is -0.299 e. The second-order valence-corrected chi connectivity index (χ2v) is 4.06. The van der Waals surface area contributed by atoms with E-state index in [1.54, 1.807) is 0 Å². The van der Waals surface area contributed by atoms with Crippen molar-refractivity contribution in [1.29, 1.82) is 0 Å². The van der Waals surface area contributed by atoms with Crippen molar-refractivity contribution in [3.8, 4) is 0 Å². The second kappa shape index (κ2) is 1.63. The van der Waals surface area contributed by atoms with Crippen LogP contribution in [0.5, 0.6) is 0 Å². The van der Waals surface area contributed by atoms with Crippen LogP contribution in [0, 0.1) is 17.3 Å². The summed E-state index contributed by atoms with van der Waals surface area (Å²) in [6.45, 7) is 4.37. The topological polar surface area (TPSA) is 17.1 Å². The van der Waals surface area contributed by atoms with Crippen molar-refractivity contribution < 1.29 is 4.79 Å². The fourth-order valence-electron chi connectivity index (χ4n) is 2.68. The van der Waals surface area contributed by atoms with Crippen LogP contribution >= 0.6 is 0 Å². The van der Waals surface area contributed by atoms with E-state index >= 15 is 0 Å². The molecule has 2 aliphatic rings. The van der Waals surface area contributed by atoms with E-state index in [2.05, 4.69) is 13.8 Å². The molecule has 0 heterocycles. The Morgan fingerprint density at radius 3 is 2.40 bits per heavy atom. The quantitative estimate of drug-likeness (QED) is 0.541. The maximum Gasteiger partial charge on any atom is 0.139 e. The zero-order chi connectivity index (χ0) is 7.35. The van der Waals surface area contributed by atoms with Crippen LogP contribution in [-0.4, -0.2) is 5.78 Å². The number of Topliss-reactive ketones (excluding diaryl/α,β-unsaturated/α-hetero) is 1. The van der Waals surface area contributed by atoms with Crippen LogP contribution in [0.2, 0.25) is 0 Å². The molecule has 56 valence electrons. The molecule has 0 N–H and O–H groups in total. The van der Waals surface area contributed by atoms with Gasteiger partial charge in [0.25, 0.3) is 0 Å². The summed E-state index contributed by atoms with van der Waals surface area (Å²) >= 11 is 0. The first kappa shape index (κ1) is 6.38. The minimum absolute atomic E-state index is 0.181. The van der Waals surface area contributed by atoms with Crippen molar-refractivity contribution >= 4 is 5.78 Å². The third-order valence-electron chi connectivity index (χ3n) is 3.62. The second-order valence-electron chi connectivity index (χ2n) is 4.06. The van der Waals surface area contributed by atoms with Gasteiger partial charge in [-0.2, -0.15) is 0 Å². The first-order valence-corrected chi connectivity index (χ1v) is 4.21. The molecular formula is C9H14O. The Bertz CT molecular complexity index is 179. The number of hydrogen-bond acceptors (Lipinski definition) is 1. The van der Waals surface area contributed by atoms with Crippen LogP contribution < -0.4 is 0 Å². The largest absolute Gasteiger partial charge is 0.299 e. The first-order valence-electron chi connectivity index (χ1n) is 4.21. The van der Waals surface area contributed by atoms with E-state index in [1.165, 1.54) is 12.8 Å². The highest BCUT2D eigenvalue weighted by atomic mass is 16.1. The van der Waals surface area contributed by atoms with Gasteiger partial charge in [-0.15, -0.1) is 0 Å². The third-order valence-corrected chi connectivity index (χ3v) is 3.62. The molecule has 1 nitrogen and oxygen atoms in total. The molecule has 2 aliphatic carbocycles. The van der Waals surface area contributed by atoms with Crippen molar-refractivity contribution in [3.05, 3.63) is 0 Å². The van der Waals surface area contributed by atoms with Crippen molar-refractivity contribution in [2.45, 2.75) is 33.1 Å². The molecule has 1 heteroatoms. The Balaban J connectivity index is 2.21. The van der Waals surface area contributed by atoms with Gasteiger partial charge in [0.2, 0.25) is 0 Å². The van der Waals surface area contributed by atoms with Crippen LogP contribution in [0.25, 0.3) is 0 Å². The molecule has 0 aliphatic heterocycles. The van der Waals surface area contributed by atoms with Gasteiger partial charge in [0.05, 0.1) is 0 Å². The first-order chi connectivity index (χ1) is 4.68. The molecule has 2 saturated carbocycles. The molecule has 0 aromatic carbocycles. The molecule has 2 rings (SSSR count). The summed E-state index contributed by atoms with van der Waals surface area (Å²) in [5.41, 5.74) is 0.181. The summed E-state index contributed by atoms with van der Waals surface area (Å²) in [5, 5.41) is 0. The van der Waals surface area contributed by atoms with Gasteiger partial charge in [0.1, 0.15) is 5.78 Å². The van der Waals surface area contributed by atoms with E-state index in [9.17, 15) is 4.79 Å². The van der Waals surface area contributed by atoms with Gasteiger partial charge in [0.15, 0.2) is 0 Å². The third kappa shape index (κ3) is 0.446. The lowest BCUT2D eigenvalue weighted by atomic mass is 9.43. The van der Waals surface area contributed by atoms with Crippen LogP contribution in [0.1, 0.15) is 33.1 Å². The van der Waals surface area contributed by atoms with Gasteiger partial charge in [-0.25, -0.2) is 0 Å². The fourth-order valence-corrected chi connectivity index (χ4v) is 2.68. The lowest BCUT2D eigenvalue weighted by molar-refractivity contribution is -0.168. The minimum atomic E-state index is 0.181. The molecule has 10 heavy (non-hydrogen) atoms. The van der Waals surface area contributed by atoms with E-state index in [0.29, 0.717) is 11.7 Å². The average Bonchev–Trinajstić information content (AvgIpc) is 1.81. The number of fused-ring (bicyclic) bond motifs is 1. The van der Waals surface area contributed by atoms with Crippen LogP contribution in [0.15, 0.2) is 0 Å². The highest BCUT2D eigenvalue weighted by Crippen LogP contribution is 2.62. The van der Waals surface area contributed by atoms with Crippen LogP contribution in [-0.2, 0) is 4.79 Å². The Kier molecular flexibility index (Phi) is 1.04. The number of ketones is 1. The van der Waals surface area contributed by atoms with Crippen molar-refractivity contribution in [1.82, 2.24) is 0 Å². The van der Waals surface area contributed by atoms with E-state index < -0.39 is 0 Å². The van der Waals surface area contributed by atoms with Gasteiger partial charge < -0.3 is 0 Å². The molecular weight excluding hydrogens is 124 g/mol. The maximum absolute atomic E-state index is 11.3. The molecule has 0 aromatic heterocycles. The normalized spacial score (nSPS) is 44.3. The van der Waals surface area contributed by atoms with Crippen molar-refractivity contribution in [2.24, 2.45) is 17.3 Å². The molecule has 0 spiro atoms. The number of rotatable bonds is 1. The average molecular weight is 138 g/mol. The molecule has 0 saturated heterocycles. The molecule has 2 unspecified atom stereocenters. The SMILES string of the molecule is CC(C)C12CCC1CC2=O. The van der Waals surface area contributed by atoms with E-state index in [1.807, 2.05) is 0 Å². The molecule has 0 aromatic rings. The molecule has 0 amide bonds. The fraction of sp³-hybridized carbons (Fsp3) is 0.889. The summed E-state index contributed by atoms with van der Waals surface area (Å²) in [4.78, 5) is 11.3. The van der Waals surface area contributed by atoms with E-state index in [0.717, 1.165) is 12.3 Å². The predicted octanol–water partition coefficient (Wildman–Crippen LogP) is 2.01. The number of carbonyl (C=O) groups excluding carboxylic acids is 1. The van der Waals surface area contributed by atoms with Crippen molar-refractivity contribution in [3.63, 3.8) is 0 Å². The summed E-state index contributed by atoms with van der Waals surface area (Å²) in [7, 11) is 0. The molecule has 0 radical (unpaired) electrons. The van der Waals surface area contributed by atoms with Gasteiger partial charge in [0, 0.05) is 11.8 Å². The number of hydrogen-bond donors (Lipinski definition) is 0. The molecule has 2 fully saturated rings. The van der Waals surface area contributed by atoms with E-state index in [-0.39, 0.29) is 5.41 Å². The zero-order valence-electron chi connectivity index (χ0n) is 6.68. The monoisotopic (exact) mass is 138 g/mol. The molecule has 2 atom stereocenters. The summed E-state index contributed by atoms with van der Waals surface area (Å²) in [5.74, 6) is 1.91. The predicted molar refractivity (Wildman–Crippen MR) is 39.6 cm³/mol. The van der Waals surface area contributed by atoms with Gasteiger partial charge in [-0.05, 0) is 24.7 Å². The van der Waals surface area contributed by atoms with Crippen LogP contribution in [0.3, 0.4) is 0 Å². The summed E-state index contributed by atoms with van der Waals surface area (Å²) < 4.78 is 0. The molecule has 0 bridgehead atoms. The van der Waals surface area contributed by atoms with E-state index in [4.69, 9.17) is 0 Å². The highest BCUT2D eigenvalue weighted by molar-refractivity contribution is 5.93. The zero-order valence-corrected chi connectivity index (χ0v) is 6.68. The smallest absolute Gasteiger partial charge is 0.139 e. The Morgan fingerprint density at radius 2 is 2.30 bits per heavy atom. The summed E-state index contributed by atoms with van der Waals surface area (Å²) in [6, 6.07) is 0. The Labute approximate surface area is 61.8 Å².